The van der Waals surface area contributed by atoms with Crippen LogP contribution in [0.5, 0.6) is 0 Å². The van der Waals surface area contributed by atoms with E-state index < -0.39 is 0 Å². The molecule has 0 aliphatic carbocycles. The number of carbonyl (C=O) groups excluding carboxylic acids is 1. The van der Waals surface area contributed by atoms with E-state index in [4.69, 9.17) is 0 Å². The molecule has 7 nitrogen and oxygen atoms in total. The van der Waals surface area contributed by atoms with Crippen molar-refractivity contribution in [2.24, 2.45) is 0 Å². The van der Waals surface area contributed by atoms with Crippen LogP contribution in [0.15, 0.2) is 67.0 Å². The zero-order valence-electron chi connectivity index (χ0n) is 16.4. The van der Waals surface area contributed by atoms with E-state index >= 15 is 0 Å². The van der Waals surface area contributed by atoms with Crippen LogP contribution in [0.4, 0.5) is 27.8 Å². The largest absolute Gasteiger partial charge is 0.368 e. The number of hydrogen-bond donors (Lipinski definition) is 2. The molecule has 148 valence electrons. The summed E-state index contributed by atoms with van der Waals surface area (Å²) >= 11 is 0. The van der Waals surface area contributed by atoms with E-state index in [1.807, 2.05) is 43.3 Å². The molecule has 1 fully saturated rings. The summed E-state index contributed by atoms with van der Waals surface area (Å²) in [5.74, 6) is 1.29. The van der Waals surface area contributed by atoms with Crippen molar-refractivity contribution in [2.75, 3.05) is 46.6 Å². The monoisotopic (exact) mass is 388 g/mol. The second-order valence-corrected chi connectivity index (χ2v) is 7.02. The first-order valence-electron chi connectivity index (χ1n) is 9.69. The van der Waals surface area contributed by atoms with Crippen molar-refractivity contribution in [3.8, 4) is 0 Å². The maximum atomic E-state index is 12.3. The molecular weight excluding hydrogens is 364 g/mol. The van der Waals surface area contributed by atoms with Crippen LogP contribution in [0.1, 0.15) is 5.56 Å². The van der Waals surface area contributed by atoms with Gasteiger partial charge in [-0.1, -0.05) is 35.9 Å². The third-order valence-electron chi connectivity index (χ3n) is 4.93. The molecule has 1 saturated heterocycles. The topological polar surface area (TPSA) is 73.4 Å². The van der Waals surface area contributed by atoms with Crippen LogP contribution in [-0.4, -0.2) is 42.2 Å². The number of piperazine rings is 1. The lowest BCUT2D eigenvalue weighted by atomic mass is 10.2. The first kappa shape index (κ1) is 18.7. The van der Waals surface area contributed by atoms with E-state index in [-0.39, 0.29) is 6.03 Å². The number of anilines is 4. The second-order valence-electron chi connectivity index (χ2n) is 7.02. The molecule has 0 spiro atoms. The highest BCUT2D eigenvalue weighted by molar-refractivity contribution is 5.99. The Morgan fingerprint density at radius 1 is 0.862 bits per heavy atom. The second kappa shape index (κ2) is 8.60. The Balaban J connectivity index is 1.35. The number of nitrogens with one attached hydrogen (secondary N) is 2. The molecule has 0 unspecified atom stereocenters. The van der Waals surface area contributed by atoms with Gasteiger partial charge in [0.05, 0.1) is 0 Å². The molecule has 0 radical (unpaired) electrons. The molecule has 1 aliphatic heterocycles. The molecule has 4 rings (SSSR count). The van der Waals surface area contributed by atoms with Gasteiger partial charge in [-0.05, 0) is 31.2 Å². The number of aryl methyl sites for hydroxylation is 1. The molecule has 2 amide bonds. The van der Waals surface area contributed by atoms with Gasteiger partial charge in [0, 0.05) is 43.6 Å². The van der Waals surface area contributed by atoms with Crippen LogP contribution < -0.4 is 20.4 Å². The highest BCUT2D eigenvalue weighted by Gasteiger charge is 2.19. The summed E-state index contributed by atoms with van der Waals surface area (Å²) in [4.78, 5) is 25.4. The maximum Gasteiger partial charge on any atom is 0.324 e. The summed E-state index contributed by atoms with van der Waals surface area (Å²) in [5, 5.41) is 5.59. The first-order chi connectivity index (χ1) is 14.2. The van der Waals surface area contributed by atoms with Crippen LogP contribution in [0.25, 0.3) is 0 Å². The number of aromatic nitrogens is 2. The minimum atomic E-state index is -0.326. The van der Waals surface area contributed by atoms with Gasteiger partial charge >= 0.3 is 6.03 Å². The summed E-state index contributed by atoms with van der Waals surface area (Å²) in [6, 6.07) is 19.5. The Morgan fingerprint density at radius 3 is 2.28 bits per heavy atom. The summed E-state index contributed by atoms with van der Waals surface area (Å²) in [6.07, 6.45) is 1.49. The minimum Gasteiger partial charge on any atom is -0.368 e. The van der Waals surface area contributed by atoms with Crippen molar-refractivity contribution in [3.05, 3.63) is 72.6 Å². The molecule has 2 heterocycles. The van der Waals surface area contributed by atoms with Gasteiger partial charge in [0.1, 0.15) is 18.0 Å². The fourth-order valence-corrected chi connectivity index (χ4v) is 3.34. The summed E-state index contributed by atoms with van der Waals surface area (Å²) in [5.41, 5.74) is 3.12. The summed E-state index contributed by atoms with van der Waals surface area (Å²) < 4.78 is 0. The summed E-state index contributed by atoms with van der Waals surface area (Å²) in [7, 11) is 0. The van der Waals surface area contributed by atoms with Crippen LogP contribution in [-0.2, 0) is 0 Å². The smallest absolute Gasteiger partial charge is 0.324 e. The first-order valence-corrected chi connectivity index (χ1v) is 9.69. The van der Waals surface area contributed by atoms with Crippen LogP contribution in [0.3, 0.4) is 0 Å². The van der Waals surface area contributed by atoms with E-state index in [2.05, 4.69) is 54.7 Å². The molecule has 3 aromatic rings. The maximum absolute atomic E-state index is 12.3. The molecule has 1 aliphatic rings. The van der Waals surface area contributed by atoms with E-state index in [0.29, 0.717) is 5.82 Å². The van der Waals surface area contributed by atoms with E-state index in [0.717, 1.165) is 43.2 Å². The lowest BCUT2D eigenvalue weighted by molar-refractivity contribution is 0.262. The molecule has 0 saturated carbocycles. The van der Waals surface area contributed by atoms with Crippen molar-refractivity contribution in [3.63, 3.8) is 0 Å². The van der Waals surface area contributed by atoms with Gasteiger partial charge in [0.25, 0.3) is 0 Å². The molecule has 2 aromatic carbocycles. The fourth-order valence-electron chi connectivity index (χ4n) is 3.34. The quantitative estimate of drug-likeness (QED) is 0.712. The Kier molecular flexibility index (Phi) is 5.56. The predicted molar refractivity (Wildman–Crippen MR) is 117 cm³/mol. The van der Waals surface area contributed by atoms with Crippen LogP contribution in [0, 0.1) is 6.92 Å². The zero-order valence-corrected chi connectivity index (χ0v) is 16.4. The standard InChI is InChI=1S/C22H24N6O/c1-17-7-9-18(10-8-17)25-22(29)26-20-15-21(24-16-23-20)28-13-11-27(12-14-28)19-5-3-2-4-6-19/h2-10,15-16H,11-14H2,1H3,(H2,23,24,25,26,29). The lowest BCUT2D eigenvalue weighted by Gasteiger charge is -2.36. The zero-order chi connectivity index (χ0) is 20.1. The SMILES string of the molecule is Cc1ccc(NC(=O)Nc2cc(N3CCN(c4ccccc4)CC3)ncn2)cc1. The molecule has 1 aromatic heterocycles. The van der Waals surface area contributed by atoms with E-state index in [1.54, 1.807) is 0 Å². The number of urea groups is 1. The van der Waals surface area contributed by atoms with Crippen LogP contribution >= 0.6 is 0 Å². The van der Waals surface area contributed by atoms with E-state index in [9.17, 15) is 4.79 Å². The predicted octanol–water partition coefficient (Wildman–Crippen LogP) is 3.76. The fraction of sp³-hybridized carbons (Fsp3) is 0.227. The van der Waals surface area contributed by atoms with Crippen molar-refractivity contribution in [2.45, 2.75) is 6.92 Å². The average molecular weight is 388 g/mol. The molecule has 7 heteroatoms. The lowest BCUT2D eigenvalue weighted by Crippen LogP contribution is -2.46. The molecule has 2 N–H and O–H groups in total. The van der Waals surface area contributed by atoms with Gasteiger partial charge in [-0.3, -0.25) is 5.32 Å². The van der Waals surface area contributed by atoms with Crippen LogP contribution in [0.2, 0.25) is 0 Å². The number of para-hydroxylation sites is 1. The van der Waals surface area contributed by atoms with Crippen molar-refractivity contribution in [1.82, 2.24) is 9.97 Å². The van der Waals surface area contributed by atoms with Crippen molar-refractivity contribution < 1.29 is 4.79 Å². The Hall–Kier alpha value is -3.61. The van der Waals surface area contributed by atoms with Gasteiger partial charge < -0.3 is 15.1 Å². The highest BCUT2D eigenvalue weighted by Crippen LogP contribution is 2.20. The van der Waals surface area contributed by atoms with E-state index in [1.165, 1.54) is 12.0 Å². The van der Waals surface area contributed by atoms with Gasteiger partial charge in [0.15, 0.2) is 0 Å². The number of amides is 2. The number of benzene rings is 2. The molecular formula is C22H24N6O. The third-order valence-corrected chi connectivity index (χ3v) is 4.93. The Labute approximate surface area is 170 Å². The number of carbonyl (C=O) groups is 1. The normalized spacial score (nSPS) is 13.8. The molecule has 0 atom stereocenters. The highest BCUT2D eigenvalue weighted by atomic mass is 16.2. The van der Waals surface area contributed by atoms with Gasteiger partial charge in [-0.2, -0.15) is 0 Å². The minimum absolute atomic E-state index is 0.326. The average Bonchev–Trinajstić information content (AvgIpc) is 2.76. The van der Waals surface area contributed by atoms with Crippen molar-refractivity contribution >= 4 is 29.0 Å². The van der Waals surface area contributed by atoms with Gasteiger partial charge in [-0.15, -0.1) is 0 Å². The Bertz CT molecular complexity index is 953. The Morgan fingerprint density at radius 2 is 1.55 bits per heavy atom. The molecule has 0 bridgehead atoms. The van der Waals surface area contributed by atoms with Gasteiger partial charge in [0.2, 0.25) is 0 Å². The van der Waals surface area contributed by atoms with Gasteiger partial charge in [-0.25, -0.2) is 14.8 Å². The summed E-state index contributed by atoms with van der Waals surface area (Å²) in [6.45, 7) is 5.57. The third kappa shape index (κ3) is 4.82. The number of rotatable bonds is 4. The number of nitrogens with zero attached hydrogens (tertiary/aromatic N) is 4. The van der Waals surface area contributed by atoms with Crippen molar-refractivity contribution in [1.29, 1.82) is 0 Å². The number of hydrogen-bond acceptors (Lipinski definition) is 5. The molecule has 29 heavy (non-hydrogen) atoms.